The van der Waals surface area contributed by atoms with Crippen LogP contribution < -0.4 is 0 Å². The highest BCUT2D eigenvalue weighted by Gasteiger charge is 2.03. The summed E-state index contributed by atoms with van der Waals surface area (Å²) in [7, 11) is 0. The Hall–Kier alpha value is -0.860. The monoisotopic (exact) mass is 134 g/mol. The van der Waals surface area contributed by atoms with E-state index in [1.165, 1.54) is 6.92 Å². The first kappa shape index (κ1) is 8.14. The quantitative estimate of drug-likeness (QED) is 0.431. The molecule has 0 fully saturated rings. The zero-order valence-electron chi connectivity index (χ0n) is 5.28. The van der Waals surface area contributed by atoms with Crippen LogP contribution in [0.25, 0.3) is 0 Å². The predicted octanol–water partition coefficient (Wildman–Crippen LogP) is 2.62. The molecule has 9 heavy (non-hydrogen) atoms. The minimum atomic E-state index is -0.935. The zero-order valence-corrected chi connectivity index (χ0v) is 5.28. The maximum atomic E-state index is 12.1. The minimum absolute atomic E-state index is 0.911. The molecular formula is C6H8F2O. The van der Waals surface area contributed by atoms with Crippen LogP contribution in [0.5, 0.6) is 0 Å². The van der Waals surface area contributed by atoms with Gasteiger partial charge in [0.1, 0.15) is 5.83 Å². The third kappa shape index (κ3) is 2.26. The molecule has 0 atom stereocenters. The van der Waals surface area contributed by atoms with Crippen molar-refractivity contribution in [2.75, 3.05) is 0 Å². The van der Waals surface area contributed by atoms with Gasteiger partial charge in [-0.25, -0.2) is 8.78 Å². The van der Waals surface area contributed by atoms with Crippen molar-refractivity contribution in [3.63, 3.8) is 0 Å². The third-order valence-corrected chi connectivity index (χ3v) is 0.806. The van der Waals surface area contributed by atoms with Crippen LogP contribution in [0.2, 0.25) is 0 Å². The van der Waals surface area contributed by atoms with Crippen LogP contribution in [0.15, 0.2) is 23.5 Å². The van der Waals surface area contributed by atoms with Crippen LogP contribution in [-0.2, 0) is 0 Å². The molecule has 0 radical (unpaired) electrons. The molecule has 0 aromatic heterocycles. The summed E-state index contributed by atoms with van der Waals surface area (Å²) in [6.07, 6.45) is 0.985. The lowest BCUT2D eigenvalue weighted by Gasteiger charge is -1.92. The largest absolute Gasteiger partial charge is 0.503 e. The number of hydrogen-bond donors (Lipinski definition) is 1. The zero-order chi connectivity index (χ0) is 7.44. The smallest absolute Gasteiger partial charge is 0.182 e. The molecule has 0 aliphatic carbocycles. The van der Waals surface area contributed by atoms with Crippen LogP contribution >= 0.6 is 0 Å². The van der Waals surface area contributed by atoms with E-state index >= 15 is 0 Å². The van der Waals surface area contributed by atoms with Gasteiger partial charge in [-0.15, -0.1) is 0 Å². The second-order valence-corrected chi connectivity index (χ2v) is 1.52. The van der Waals surface area contributed by atoms with Crippen LogP contribution in [0.4, 0.5) is 8.78 Å². The standard InChI is InChI=1S/C6H8F2O/c1-3-5(8)6(9)4(2)7/h3,9H,1-2H3/b5-3+,6-4-. The molecule has 0 heterocycles. The lowest BCUT2D eigenvalue weighted by molar-refractivity contribution is 0.362. The second kappa shape index (κ2) is 3.22. The van der Waals surface area contributed by atoms with Crippen molar-refractivity contribution in [3.8, 4) is 0 Å². The topological polar surface area (TPSA) is 20.2 Å². The summed E-state index contributed by atoms with van der Waals surface area (Å²) in [5, 5.41) is 8.46. The molecule has 0 amide bonds. The lowest BCUT2D eigenvalue weighted by Crippen LogP contribution is -1.82. The normalized spacial score (nSPS) is 15.3. The van der Waals surface area contributed by atoms with Crippen molar-refractivity contribution < 1.29 is 13.9 Å². The average Bonchev–Trinajstić information content (AvgIpc) is 1.84. The molecule has 0 unspecified atom stereocenters. The van der Waals surface area contributed by atoms with Gasteiger partial charge in [-0.2, -0.15) is 0 Å². The molecule has 0 bridgehead atoms. The van der Waals surface area contributed by atoms with E-state index < -0.39 is 17.4 Å². The summed E-state index contributed by atoms with van der Waals surface area (Å²) in [6, 6.07) is 0. The Morgan fingerprint density at radius 3 is 2.00 bits per heavy atom. The number of aliphatic hydroxyl groups excluding tert-OH is 1. The fourth-order valence-corrected chi connectivity index (χ4v) is 0.301. The van der Waals surface area contributed by atoms with Crippen molar-refractivity contribution >= 4 is 0 Å². The second-order valence-electron chi connectivity index (χ2n) is 1.52. The van der Waals surface area contributed by atoms with E-state index in [4.69, 9.17) is 5.11 Å². The van der Waals surface area contributed by atoms with E-state index in [0.29, 0.717) is 0 Å². The van der Waals surface area contributed by atoms with Gasteiger partial charge in [-0.3, -0.25) is 0 Å². The molecule has 0 saturated carbocycles. The summed E-state index contributed by atoms with van der Waals surface area (Å²) >= 11 is 0. The molecule has 0 aliphatic heterocycles. The van der Waals surface area contributed by atoms with Gasteiger partial charge >= 0.3 is 0 Å². The molecule has 0 spiro atoms. The Kier molecular flexibility index (Phi) is 2.91. The number of aliphatic hydroxyl groups is 1. The van der Waals surface area contributed by atoms with Gasteiger partial charge < -0.3 is 5.11 Å². The van der Waals surface area contributed by atoms with E-state index in [9.17, 15) is 8.78 Å². The summed E-state index contributed by atoms with van der Waals surface area (Å²) in [6.45, 7) is 2.35. The van der Waals surface area contributed by atoms with Gasteiger partial charge in [0.05, 0.1) is 0 Å². The predicted molar refractivity (Wildman–Crippen MR) is 31.3 cm³/mol. The molecule has 1 N–H and O–H groups in total. The summed E-state index contributed by atoms with van der Waals surface area (Å²) < 4.78 is 24.0. The van der Waals surface area contributed by atoms with Crippen LogP contribution in [0, 0.1) is 0 Å². The summed E-state index contributed by atoms with van der Waals surface area (Å²) in [5.74, 6) is -2.77. The summed E-state index contributed by atoms with van der Waals surface area (Å²) in [5.41, 5.74) is 0. The van der Waals surface area contributed by atoms with Gasteiger partial charge in [-0.05, 0) is 19.9 Å². The van der Waals surface area contributed by atoms with Crippen molar-refractivity contribution in [1.29, 1.82) is 0 Å². The maximum Gasteiger partial charge on any atom is 0.182 e. The Balaban J connectivity index is 4.40. The first-order chi connectivity index (χ1) is 4.09. The van der Waals surface area contributed by atoms with Gasteiger partial charge in [0.15, 0.2) is 11.6 Å². The number of hydrogen-bond acceptors (Lipinski definition) is 1. The van der Waals surface area contributed by atoms with Gasteiger partial charge in [0, 0.05) is 0 Å². The molecule has 3 heteroatoms. The molecule has 0 aromatic rings. The van der Waals surface area contributed by atoms with Crippen molar-refractivity contribution in [2.45, 2.75) is 13.8 Å². The first-order valence-electron chi connectivity index (χ1n) is 2.47. The van der Waals surface area contributed by atoms with Crippen molar-refractivity contribution in [1.82, 2.24) is 0 Å². The Morgan fingerprint density at radius 2 is 1.89 bits per heavy atom. The van der Waals surface area contributed by atoms with E-state index in [-0.39, 0.29) is 0 Å². The molecule has 0 aromatic carbocycles. The fourth-order valence-electron chi connectivity index (χ4n) is 0.301. The van der Waals surface area contributed by atoms with Crippen LogP contribution in [0.1, 0.15) is 13.8 Å². The first-order valence-corrected chi connectivity index (χ1v) is 2.47. The SMILES string of the molecule is C/C=C(F)\C(O)=C(/C)F. The molecule has 0 saturated heterocycles. The van der Waals surface area contributed by atoms with E-state index in [1.54, 1.807) is 0 Å². The highest BCUT2D eigenvalue weighted by Crippen LogP contribution is 2.12. The summed E-state index contributed by atoms with van der Waals surface area (Å²) in [4.78, 5) is 0. The lowest BCUT2D eigenvalue weighted by atomic mass is 10.4. The van der Waals surface area contributed by atoms with E-state index in [0.717, 1.165) is 13.0 Å². The Labute approximate surface area is 52.3 Å². The molecular weight excluding hydrogens is 126 g/mol. The Morgan fingerprint density at radius 1 is 1.44 bits per heavy atom. The molecule has 1 nitrogen and oxygen atoms in total. The molecule has 52 valence electrons. The van der Waals surface area contributed by atoms with Crippen LogP contribution in [0.3, 0.4) is 0 Å². The number of rotatable bonds is 1. The van der Waals surface area contributed by atoms with Crippen molar-refractivity contribution in [2.24, 2.45) is 0 Å². The van der Waals surface area contributed by atoms with Crippen molar-refractivity contribution in [3.05, 3.63) is 23.5 Å². The van der Waals surface area contributed by atoms with E-state index in [1.807, 2.05) is 0 Å². The number of allylic oxidation sites excluding steroid dienone is 3. The molecule has 0 rings (SSSR count). The Bertz CT molecular complexity index is 154. The van der Waals surface area contributed by atoms with Gasteiger partial charge in [0.2, 0.25) is 0 Å². The highest BCUT2D eigenvalue weighted by molar-refractivity contribution is 5.19. The third-order valence-electron chi connectivity index (χ3n) is 0.806. The minimum Gasteiger partial charge on any atom is -0.503 e. The molecule has 0 aliphatic rings. The van der Waals surface area contributed by atoms with Gasteiger partial charge in [-0.1, -0.05) is 0 Å². The van der Waals surface area contributed by atoms with E-state index in [2.05, 4.69) is 0 Å². The van der Waals surface area contributed by atoms with Crippen LogP contribution in [-0.4, -0.2) is 5.11 Å². The number of halogens is 2. The van der Waals surface area contributed by atoms with Gasteiger partial charge in [0.25, 0.3) is 0 Å². The highest BCUT2D eigenvalue weighted by atomic mass is 19.1. The average molecular weight is 134 g/mol. The fraction of sp³-hybridized carbons (Fsp3) is 0.333. The maximum absolute atomic E-state index is 12.1.